The van der Waals surface area contributed by atoms with Gasteiger partial charge in [0, 0.05) is 18.7 Å². The van der Waals surface area contributed by atoms with Gasteiger partial charge in [0.1, 0.15) is 16.9 Å². The van der Waals surface area contributed by atoms with Gasteiger partial charge in [-0.05, 0) is 30.3 Å². The molecule has 2 heterocycles. The average Bonchev–Trinajstić information content (AvgIpc) is 2.97. The number of aromatic nitrogens is 3. The van der Waals surface area contributed by atoms with Crippen LogP contribution in [0, 0.1) is 0 Å². The smallest absolute Gasteiger partial charge is 0.257 e. The van der Waals surface area contributed by atoms with Crippen LogP contribution in [0.25, 0.3) is 27.9 Å². The summed E-state index contributed by atoms with van der Waals surface area (Å²) in [4.78, 5) is 22.2. The number of para-hydroxylation sites is 2. The molecular weight excluding hydrogens is 378 g/mol. The fourth-order valence-electron chi connectivity index (χ4n) is 3.12. The number of ether oxygens (including phenoxy) is 1. The number of rotatable bonds is 5. The van der Waals surface area contributed by atoms with Gasteiger partial charge in [-0.15, -0.1) is 0 Å². The Kier molecular flexibility index (Phi) is 4.85. The minimum absolute atomic E-state index is 0.252. The predicted molar refractivity (Wildman–Crippen MR) is 110 cm³/mol. The molecule has 0 saturated heterocycles. The van der Waals surface area contributed by atoms with Gasteiger partial charge in [0.2, 0.25) is 0 Å². The van der Waals surface area contributed by atoms with Gasteiger partial charge in [0.25, 0.3) is 5.91 Å². The number of halogens is 1. The number of carbonyl (C=O) groups excluding carboxylic acids is 1. The zero-order chi connectivity index (χ0) is 19.7. The largest absolute Gasteiger partial charge is 0.384 e. The minimum Gasteiger partial charge on any atom is -0.384 e. The maximum absolute atomic E-state index is 12.8. The van der Waals surface area contributed by atoms with Gasteiger partial charge in [-0.3, -0.25) is 9.36 Å². The second-order valence-electron chi connectivity index (χ2n) is 6.21. The molecule has 7 nitrogen and oxygen atoms in total. The first-order valence-electron chi connectivity index (χ1n) is 8.70. The van der Waals surface area contributed by atoms with Gasteiger partial charge in [0.15, 0.2) is 5.65 Å². The molecule has 0 unspecified atom stereocenters. The maximum atomic E-state index is 12.8. The van der Waals surface area contributed by atoms with Crippen LogP contribution in [0.2, 0.25) is 5.02 Å². The Hall–Kier alpha value is -3.16. The molecule has 0 aliphatic rings. The first-order valence-corrected chi connectivity index (χ1v) is 9.07. The van der Waals surface area contributed by atoms with Gasteiger partial charge in [-0.1, -0.05) is 29.8 Å². The molecule has 4 aromatic rings. The number of nitrogen functional groups attached to an aromatic ring is 1. The molecule has 0 fully saturated rings. The first-order chi connectivity index (χ1) is 13.6. The lowest BCUT2D eigenvalue weighted by Gasteiger charge is -2.08. The topological polar surface area (TPSA) is 95.1 Å². The van der Waals surface area contributed by atoms with E-state index in [1.165, 1.54) is 0 Å². The summed E-state index contributed by atoms with van der Waals surface area (Å²) in [6, 6.07) is 14.7. The number of amides is 1. The highest BCUT2D eigenvalue weighted by Gasteiger charge is 2.24. The predicted octanol–water partition coefficient (Wildman–Crippen LogP) is 3.19. The lowest BCUT2D eigenvalue weighted by Crippen LogP contribution is -2.27. The van der Waals surface area contributed by atoms with E-state index in [-0.39, 0.29) is 17.3 Å². The third kappa shape index (κ3) is 3.15. The fourth-order valence-corrected chi connectivity index (χ4v) is 3.30. The summed E-state index contributed by atoms with van der Waals surface area (Å²) < 4.78 is 6.70. The van der Waals surface area contributed by atoms with E-state index in [1.807, 2.05) is 36.4 Å². The van der Waals surface area contributed by atoms with Crippen LogP contribution in [0.15, 0.2) is 48.5 Å². The summed E-state index contributed by atoms with van der Waals surface area (Å²) >= 11 is 6.16. The van der Waals surface area contributed by atoms with Gasteiger partial charge in [-0.25, -0.2) is 9.97 Å². The molecule has 3 N–H and O–H groups in total. The summed E-state index contributed by atoms with van der Waals surface area (Å²) in [5.41, 5.74) is 9.73. The maximum Gasteiger partial charge on any atom is 0.257 e. The van der Waals surface area contributed by atoms with Crippen LogP contribution < -0.4 is 11.1 Å². The number of benzene rings is 2. The molecule has 8 heteroatoms. The van der Waals surface area contributed by atoms with Crippen LogP contribution in [0.4, 0.5) is 5.82 Å². The van der Waals surface area contributed by atoms with Gasteiger partial charge in [0.05, 0.1) is 23.3 Å². The van der Waals surface area contributed by atoms with Crippen LogP contribution in [0.5, 0.6) is 0 Å². The molecule has 0 aliphatic heterocycles. The fraction of sp³-hybridized carbons (Fsp3) is 0.150. The van der Waals surface area contributed by atoms with E-state index in [2.05, 4.69) is 10.3 Å². The Morgan fingerprint density at radius 2 is 1.93 bits per heavy atom. The molecule has 0 bridgehead atoms. The Morgan fingerprint density at radius 3 is 2.64 bits per heavy atom. The third-order valence-corrected chi connectivity index (χ3v) is 4.62. The number of fused-ring (bicyclic) bond motifs is 2. The minimum atomic E-state index is -0.329. The molecule has 28 heavy (non-hydrogen) atoms. The molecule has 0 spiro atoms. The summed E-state index contributed by atoms with van der Waals surface area (Å²) in [7, 11) is 1.57. The lowest BCUT2D eigenvalue weighted by atomic mass is 10.2. The molecule has 4 rings (SSSR count). The second-order valence-corrected chi connectivity index (χ2v) is 6.65. The third-order valence-electron chi connectivity index (χ3n) is 4.38. The van der Waals surface area contributed by atoms with Crippen molar-refractivity contribution in [3.05, 3.63) is 59.1 Å². The molecule has 142 valence electrons. The van der Waals surface area contributed by atoms with E-state index in [1.54, 1.807) is 23.8 Å². The highest BCUT2D eigenvalue weighted by molar-refractivity contribution is 6.30. The van der Waals surface area contributed by atoms with Crippen molar-refractivity contribution in [1.29, 1.82) is 0 Å². The average molecular weight is 396 g/mol. The van der Waals surface area contributed by atoms with E-state index >= 15 is 0 Å². The van der Waals surface area contributed by atoms with Gasteiger partial charge in [-0.2, -0.15) is 0 Å². The quantitative estimate of drug-likeness (QED) is 0.506. The molecule has 0 atom stereocenters. The van der Waals surface area contributed by atoms with Crippen molar-refractivity contribution in [3.63, 3.8) is 0 Å². The summed E-state index contributed by atoms with van der Waals surface area (Å²) in [6.45, 7) is 0.757. The van der Waals surface area contributed by atoms with Gasteiger partial charge >= 0.3 is 0 Å². The van der Waals surface area contributed by atoms with E-state index in [0.717, 1.165) is 0 Å². The second kappa shape index (κ2) is 7.46. The highest BCUT2D eigenvalue weighted by atomic mass is 35.5. The standard InChI is InChI=1S/C20H18ClN5O2/c1-28-10-9-23-20(27)16-17-19(25-15-8-3-2-7-14(15)24-17)26(18(16)22)13-6-4-5-12(21)11-13/h2-8,11H,9-10,22H2,1H3,(H,23,27). The first kappa shape index (κ1) is 18.2. The van der Waals surface area contributed by atoms with E-state index in [4.69, 9.17) is 27.1 Å². The van der Waals surface area contributed by atoms with Crippen LogP contribution >= 0.6 is 11.6 Å². The van der Waals surface area contributed by atoms with Crippen LogP contribution in [-0.4, -0.2) is 40.7 Å². The van der Waals surface area contributed by atoms with Crippen molar-refractivity contribution < 1.29 is 9.53 Å². The zero-order valence-electron chi connectivity index (χ0n) is 15.1. The highest BCUT2D eigenvalue weighted by Crippen LogP contribution is 2.31. The Balaban J connectivity index is 1.98. The van der Waals surface area contributed by atoms with Crippen molar-refractivity contribution >= 4 is 45.5 Å². The number of carbonyl (C=O) groups is 1. The van der Waals surface area contributed by atoms with Crippen molar-refractivity contribution in [2.45, 2.75) is 0 Å². The summed E-state index contributed by atoms with van der Waals surface area (Å²) in [5, 5.41) is 3.36. The van der Waals surface area contributed by atoms with Crippen LogP contribution in [0.3, 0.4) is 0 Å². The monoisotopic (exact) mass is 395 g/mol. The van der Waals surface area contributed by atoms with Gasteiger partial charge < -0.3 is 15.8 Å². The number of anilines is 1. The van der Waals surface area contributed by atoms with Crippen molar-refractivity contribution in [2.24, 2.45) is 0 Å². The number of nitrogens with zero attached hydrogens (tertiary/aromatic N) is 3. The molecule has 0 saturated carbocycles. The van der Waals surface area contributed by atoms with E-state index in [9.17, 15) is 4.79 Å². The number of hydrogen-bond acceptors (Lipinski definition) is 5. The SMILES string of the molecule is COCCNC(=O)c1c(N)n(-c2cccc(Cl)c2)c2nc3ccccc3nc12. The Bertz CT molecular complexity index is 1190. The molecule has 0 aliphatic carbocycles. The Morgan fingerprint density at radius 1 is 1.18 bits per heavy atom. The van der Waals surface area contributed by atoms with Crippen LogP contribution in [-0.2, 0) is 4.74 Å². The number of methoxy groups -OCH3 is 1. The normalized spacial score (nSPS) is 11.2. The molecule has 2 aromatic carbocycles. The number of nitrogens with two attached hydrogens (primary N) is 1. The Labute approximate surface area is 166 Å². The summed E-state index contributed by atoms with van der Waals surface area (Å²) in [5.74, 6) is -0.0765. The molecular formula is C20H18ClN5O2. The lowest BCUT2D eigenvalue weighted by molar-refractivity contribution is 0.0939. The number of nitrogens with one attached hydrogen (secondary N) is 1. The molecule has 0 radical (unpaired) electrons. The molecule has 2 aromatic heterocycles. The van der Waals surface area contributed by atoms with Crippen LogP contribution in [0.1, 0.15) is 10.4 Å². The zero-order valence-corrected chi connectivity index (χ0v) is 15.9. The molecule has 1 amide bonds. The van der Waals surface area contributed by atoms with E-state index < -0.39 is 0 Å². The number of hydrogen-bond donors (Lipinski definition) is 2. The van der Waals surface area contributed by atoms with Crippen molar-refractivity contribution in [2.75, 3.05) is 26.0 Å². The summed E-state index contributed by atoms with van der Waals surface area (Å²) in [6.07, 6.45) is 0. The van der Waals surface area contributed by atoms with Crippen molar-refractivity contribution in [1.82, 2.24) is 19.9 Å². The van der Waals surface area contributed by atoms with E-state index in [0.29, 0.717) is 46.1 Å². The van der Waals surface area contributed by atoms with Crippen molar-refractivity contribution in [3.8, 4) is 5.69 Å².